The quantitative estimate of drug-likeness (QED) is 0.135. The predicted molar refractivity (Wildman–Crippen MR) is 558 cm³/mol. The van der Waals surface area contributed by atoms with Crippen molar-refractivity contribution in [1.29, 1.82) is 0 Å². The zero-order valence-electron chi connectivity index (χ0n) is 71.8. The van der Waals surface area contributed by atoms with E-state index in [1.165, 1.54) is 151 Å². The maximum atomic E-state index is 5.37. The minimum Gasteiger partial charge on any atom is -0.309 e. The first-order valence-corrected chi connectivity index (χ1v) is 46.0. The first kappa shape index (κ1) is 75.5. The Balaban J connectivity index is 0.000000102. The van der Waals surface area contributed by atoms with E-state index in [4.69, 9.17) is 19.9 Å². The van der Waals surface area contributed by atoms with Crippen LogP contribution in [0.3, 0.4) is 0 Å². The van der Waals surface area contributed by atoms with Crippen molar-refractivity contribution in [3.05, 3.63) is 461 Å². The molecule has 133 heavy (non-hydrogen) atoms. The van der Waals surface area contributed by atoms with Crippen LogP contribution in [0.15, 0.2) is 461 Å². The van der Waals surface area contributed by atoms with E-state index >= 15 is 0 Å². The SMILES string of the molecule is c1ccc(-c2cc(-n3c4ccccc4c4c5c6ccccc6n(-c6ccccc6)c5ccc43)cc3c2sc2ccccc23)cc1.c1ccc(-c2nc(-n3c4ccccc4c4c5c6ccccc6n(-c6ccccc6)c5ccc43)nc3c2ccc2ccccc23)cc1.c1ccc(-c2nc3ccccc3nc2-n2c3ccccc3c3c4c5ccccc5n(-c5ccccc5)c4ccc32)cc1. The van der Waals surface area contributed by atoms with Gasteiger partial charge in [-0.15, -0.1) is 11.3 Å². The van der Waals surface area contributed by atoms with E-state index in [0.29, 0.717) is 5.95 Å². The molecule has 20 aromatic carbocycles. The molecule has 620 valence electrons. The Hall–Kier alpha value is -17.6. The second kappa shape index (κ2) is 30.5. The van der Waals surface area contributed by atoms with E-state index in [-0.39, 0.29) is 0 Å². The van der Waals surface area contributed by atoms with E-state index in [1.54, 1.807) is 0 Å². The smallest absolute Gasteiger partial charge is 0.235 e. The van der Waals surface area contributed by atoms with Gasteiger partial charge in [-0.3, -0.25) is 9.13 Å². The Bertz CT molecular complexity index is 9770. The second-order valence-corrected chi connectivity index (χ2v) is 35.2. The lowest BCUT2D eigenvalue weighted by Crippen LogP contribution is -2.03. The van der Waals surface area contributed by atoms with Crippen LogP contribution in [0.4, 0.5) is 0 Å². The van der Waals surface area contributed by atoms with E-state index in [9.17, 15) is 0 Å². The van der Waals surface area contributed by atoms with Crippen LogP contribution in [0.2, 0.25) is 0 Å². The number of hydrogen-bond donors (Lipinski definition) is 0. The maximum absolute atomic E-state index is 5.37. The van der Waals surface area contributed by atoms with Gasteiger partial charge in [0.15, 0.2) is 5.82 Å². The summed E-state index contributed by atoms with van der Waals surface area (Å²) in [4.78, 5) is 21.2. The lowest BCUT2D eigenvalue weighted by atomic mass is 10.0. The number of benzene rings is 20. The van der Waals surface area contributed by atoms with Gasteiger partial charge in [0, 0.05) is 135 Å². The molecular formula is C122H76N10S. The van der Waals surface area contributed by atoms with Gasteiger partial charge in [0.05, 0.1) is 88.4 Å². The van der Waals surface area contributed by atoms with Crippen LogP contribution in [0.25, 0.3) is 252 Å². The molecule has 29 aromatic rings. The van der Waals surface area contributed by atoms with Crippen LogP contribution >= 0.6 is 11.3 Å². The molecule has 0 aliphatic carbocycles. The maximum Gasteiger partial charge on any atom is 0.235 e. The number of thiophene rings is 1. The lowest BCUT2D eigenvalue weighted by molar-refractivity contribution is 1.02. The fraction of sp³-hybridized carbons (Fsp3) is 0. The summed E-state index contributed by atoms with van der Waals surface area (Å²) in [6.07, 6.45) is 0. The third-order valence-electron chi connectivity index (χ3n) is 26.9. The first-order chi connectivity index (χ1) is 66.1. The molecule has 0 radical (unpaired) electrons. The Morgan fingerprint density at radius 3 is 0.970 bits per heavy atom. The summed E-state index contributed by atoms with van der Waals surface area (Å²) < 4.78 is 16.9. The van der Waals surface area contributed by atoms with Gasteiger partial charge in [0.25, 0.3) is 0 Å². The number of nitrogens with zero attached hydrogens (tertiary/aromatic N) is 10. The van der Waals surface area contributed by atoms with Crippen molar-refractivity contribution in [3.8, 4) is 68.2 Å². The van der Waals surface area contributed by atoms with Crippen LogP contribution in [0.5, 0.6) is 0 Å². The predicted octanol–water partition coefficient (Wildman–Crippen LogP) is 32.1. The summed E-state index contributed by atoms with van der Waals surface area (Å²) >= 11 is 1.89. The summed E-state index contributed by atoms with van der Waals surface area (Å²) in [7, 11) is 0. The Kier molecular flexibility index (Phi) is 17.3. The molecule has 0 amide bonds. The summed E-state index contributed by atoms with van der Waals surface area (Å²) in [5.74, 6) is 1.50. The summed E-state index contributed by atoms with van der Waals surface area (Å²) in [5.41, 5.74) is 27.8. The van der Waals surface area contributed by atoms with Gasteiger partial charge in [-0.25, -0.2) is 19.9 Å². The average molecular weight is 1710 g/mol. The minimum absolute atomic E-state index is 0.667. The summed E-state index contributed by atoms with van der Waals surface area (Å²) in [6.45, 7) is 0. The second-order valence-electron chi connectivity index (χ2n) is 34.2. The zero-order valence-corrected chi connectivity index (χ0v) is 72.6. The highest BCUT2D eigenvalue weighted by Gasteiger charge is 2.29. The average Bonchev–Trinajstić information content (AvgIpc) is 1.55. The summed E-state index contributed by atoms with van der Waals surface area (Å²) in [5, 5.41) is 20.8. The monoisotopic (exact) mass is 1710 g/mol. The molecule has 0 fully saturated rings. The molecule has 0 unspecified atom stereocenters. The van der Waals surface area contributed by atoms with Crippen molar-refractivity contribution >= 4 is 195 Å². The van der Waals surface area contributed by atoms with Gasteiger partial charge in [-0.1, -0.05) is 315 Å². The molecule has 9 heterocycles. The number of aromatic nitrogens is 10. The lowest BCUT2D eigenvalue weighted by Gasteiger charge is -2.14. The van der Waals surface area contributed by atoms with Gasteiger partial charge in [0.1, 0.15) is 5.69 Å². The zero-order chi connectivity index (χ0) is 87.3. The molecule has 0 spiro atoms. The molecular weight excluding hydrogens is 1640 g/mol. The van der Waals surface area contributed by atoms with Crippen molar-refractivity contribution in [2.24, 2.45) is 0 Å². The molecule has 11 heteroatoms. The van der Waals surface area contributed by atoms with Crippen molar-refractivity contribution in [3.63, 3.8) is 0 Å². The van der Waals surface area contributed by atoms with Crippen LogP contribution in [-0.2, 0) is 0 Å². The highest BCUT2D eigenvalue weighted by molar-refractivity contribution is 7.26. The molecule has 0 bridgehead atoms. The molecule has 0 aliphatic heterocycles. The highest BCUT2D eigenvalue weighted by atomic mass is 32.1. The standard InChI is InChI=1S/C42H26N4.C42H26N2S.C38H24N4/c1-3-14-28(15-4-1)40-33-24-23-27-13-7-8-18-30(27)41(33)44-42(43-40)46-35-22-12-10-20-32(35)39-37(46)26-25-36-38(39)31-19-9-11-21-34(31)45(36)29-16-5-2-6-17-29;1-3-13-27(14-4-1)33-25-29(26-34-30-17-9-12-22-39(30)45-42(33)34)44-36-21-11-8-19-32(36)41-38(44)24-23-37-40(41)31-18-7-10-20-35(31)43(37)28-15-5-2-6-16-28;1-3-13-25(14-4-1)37-38(40-30-20-10-9-19-29(30)39-37)42-32-22-12-8-18-28(32)36-34(42)24-23-33-35(36)27-17-7-11-21-31(27)41(33)26-15-5-2-6-16-26/h1-26H;1-26H;1-24H. The number of para-hydroxylation sites is 11. The van der Waals surface area contributed by atoms with E-state index < -0.39 is 0 Å². The fourth-order valence-electron chi connectivity index (χ4n) is 21.3. The topological polar surface area (TPSA) is 81.1 Å². The van der Waals surface area contributed by atoms with Crippen LogP contribution in [0.1, 0.15) is 0 Å². The van der Waals surface area contributed by atoms with Crippen LogP contribution in [0, 0.1) is 0 Å². The molecule has 0 saturated heterocycles. The van der Waals surface area contributed by atoms with Crippen molar-refractivity contribution in [2.75, 3.05) is 0 Å². The first-order valence-electron chi connectivity index (χ1n) is 45.2. The number of hydrogen-bond acceptors (Lipinski definition) is 5. The molecule has 0 saturated carbocycles. The van der Waals surface area contributed by atoms with Crippen molar-refractivity contribution in [1.82, 2.24) is 47.3 Å². The van der Waals surface area contributed by atoms with Crippen molar-refractivity contribution < 1.29 is 0 Å². The van der Waals surface area contributed by atoms with Gasteiger partial charge in [0.2, 0.25) is 5.95 Å². The summed E-state index contributed by atoms with van der Waals surface area (Å²) in [6, 6.07) is 164. The van der Waals surface area contributed by atoms with E-state index in [0.717, 1.165) is 94.5 Å². The van der Waals surface area contributed by atoms with E-state index in [2.05, 4.69) is 452 Å². The Labute approximate surface area is 766 Å². The molecule has 10 nitrogen and oxygen atoms in total. The van der Waals surface area contributed by atoms with Crippen LogP contribution in [-0.4, -0.2) is 47.3 Å². The highest BCUT2D eigenvalue weighted by Crippen LogP contribution is 2.50. The molecule has 9 aromatic heterocycles. The van der Waals surface area contributed by atoms with Gasteiger partial charge >= 0.3 is 0 Å². The third-order valence-corrected chi connectivity index (χ3v) is 28.1. The minimum atomic E-state index is 0.667. The van der Waals surface area contributed by atoms with E-state index in [1.807, 2.05) is 47.7 Å². The normalized spacial score (nSPS) is 11.9. The molecule has 0 N–H and O–H groups in total. The largest absolute Gasteiger partial charge is 0.309 e. The van der Waals surface area contributed by atoms with Gasteiger partial charge < -0.3 is 18.3 Å². The number of rotatable bonds is 9. The molecule has 29 rings (SSSR count). The Morgan fingerprint density at radius 1 is 0.188 bits per heavy atom. The Morgan fingerprint density at radius 2 is 0.519 bits per heavy atom. The van der Waals surface area contributed by atoms with Crippen LogP contribution < -0.4 is 0 Å². The fourth-order valence-corrected chi connectivity index (χ4v) is 22.5. The molecule has 0 atom stereocenters. The third kappa shape index (κ3) is 11.8. The molecule has 0 aliphatic rings. The number of fused-ring (bicyclic) bond motifs is 28. The van der Waals surface area contributed by atoms with Crippen molar-refractivity contribution in [2.45, 2.75) is 0 Å². The van der Waals surface area contributed by atoms with Gasteiger partial charge in [-0.2, -0.15) is 0 Å². The van der Waals surface area contributed by atoms with Gasteiger partial charge in [-0.05, 0) is 157 Å².